The summed E-state index contributed by atoms with van der Waals surface area (Å²) < 4.78 is 104. The third kappa shape index (κ3) is 2.85. The zero-order valence-electron chi connectivity index (χ0n) is 12.7. The predicted molar refractivity (Wildman–Crippen MR) is 78.9 cm³/mol. The molecule has 0 saturated carbocycles. The molecule has 1 nitrogen and oxygen atoms in total. The molecule has 1 heterocycles. The van der Waals surface area contributed by atoms with Crippen LogP contribution in [0.2, 0.25) is 0 Å². The van der Waals surface area contributed by atoms with E-state index in [1.165, 1.54) is 30.3 Å². The average Bonchev–Trinajstić information content (AvgIpc) is 2.53. The maximum atomic E-state index is 13.8. The van der Waals surface area contributed by atoms with Crippen molar-refractivity contribution in [1.29, 1.82) is 0 Å². The Morgan fingerprint density at radius 2 is 1.38 bits per heavy atom. The highest BCUT2D eigenvalue weighted by Crippen LogP contribution is 2.48. The van der Waals surface area contributed by atoms with Gasteiger partial charge in [0.2, 0.25) is 0 Å². The second-order valence-electron chi connectivity index (χ2n) is 5.72. The minimum absolute atomic E-state index is 0.00995. The van der Waals surface area contributed by atoms with Crippen LogP contribution >= 0.6 is 0 Å². The van der Waals surface area contributed by atoms with Gasteiger partial charge < -0.3 is 0 Å². The number of pyridine rings is 1. The van der Waals surface area contributed by atoms with Crippen LogP contribution in [0.5, 0.6) is 0 Å². The molecule has 138 valence electrons. The number of fused-ring (bicyclic) bond motifs is 3. The van der Waals surface area contributed by atoms with Crippen molar-refractivity contribution in [1.82, 2.24) is 4.98 Å². The van der Waals surface area contributed by atoms with Gasteiger partial charge in [-0.3, -0.25) is 4.98 Å². The summed E-state index contributed by atoms with van der Waals surface area (Å²) in [6, 6.07) is 8.99. The molecular formula is C17H9F8N. The van der Waals surface area contributed by atoms with Gasteiger partial charge >= 0.3 is 18.0 Å². The third-order valence-corrected chi connectivity index (χ3v) is 3.95. The maximum Gasteiger partial charge on any atom is 0.459 e. The number of hydrogen-bond acceptors (Lipinski definition) is 1. The third-order valence-electron chi connectivity index (χ3n) is 3.95. The standard InChI is InChI=1S/C17H9F8N/c18-9-5-6-12-10-3-1-2-4-11(10)14(26-13(12)7-9)8-15(19,20)16(21,22)17(23,24)25/h1-7H,8H2. The molecular weight excluding hydrogens is 370 g/mol. The number of nitrogens with zero attached hydrogens (tertiary/aromatic N) is 1. The van der Waals surface area contributed by atoms with Crippen LogP contribution in [-0.2, 0) is 6.42 Å². The van der Waals surface area contributed by atoms with E-state index in [0.717, 1.165) is 12.1 Å². The van der Waals surface area contributed by atoms with E-state index in [0.29, 0.717) is 10.8 Å². The first-order valence-electron chi connectivity index (χ1n) is 7.23. The molecule has 9 heteroatoms. The van der Waals surface area contributed by atoms with Crippen LogP contribution in [0.15, 0.2) is 42.5 Å². The lowest BCUT2D eigenvalue weighted by Gasteiger charge is -2.28. The normalized spacial score (nSPS) is 13.5. The van der Waals surface area contributed by atoms with Gasteiger partial charge in [0.05, 0.1) is 17.6 Å². The Labute approximate surface area is 141 Å². The molecule has 0 aliphatic carbocycles. The first-order chi connectivity index (χ1) is 11.9. The number of rotatable bonds is 3. The molecule has 0 aliphatic rings. The molecule has 0 amide bonds. The van der Waals surface area contributed by atoms with E-state index in [1.54, 1.807) is 0 Å². The average molecular weight is 379 g/mol. The summed E-state index contributed by atoms with van der Waals surface area (Å²) in [5.74, 6) is -12.4. The summed E-state index contributed by atoms with van der Waals surface area (Å²) >= 11 is 0. The molecule has 0 bridgehead atoms. The fourth-order valence-corrected chi connectivity index (χ4v) is 2.66. The van der Waals surface area contributed by atoms with Crippen molar-refractivity contribution in [3.8, 4) is 0 Å². The lowest BCUT2D eigenvalue weighted by Crippen LogP contribution is -2.53. The highest BCUT2D eigenvalue weighted by molar-refractivity contribution is 6.06. The van der Waals surface area contributed by atoms with Crippen molar-refractivity contribution < 1.29 is 35.1 Å². The van der Waals surface area contributed by atoms with Crippen molar-refractivity contribution in [3.63, 3.8) is 0 Å². The summed E-state index contributed by atoms with van der Waals surface area (Å²) in [5, 5.41) is 0.638. The Bertz CT molecular complexity index is 978. The molecule has 0 N–H and O–H groups in total. The van der Waals surface area contributed by atoms with E-state index in [1.807, 2.05) is 0 Å². The maximum absolute atomic E-state index is 13.8. The molecule has 2 aromatic carbocycles. The summed E-state index contributed by atoms with van der Waals surface area (Å²) in [7, 11) is 0. The minimum atomic E-state index is -6.42. The SMILES string of the molecule is Fc1ccc2c(c1)nc(CC(F)(F)C(F)(F)C(F)(F)F)c1ccccc12. The summed E-state index contributed by atoms with van der Waals surface area (Å²) in [6.07, 6.45) is -8.37. The lowest BCUT2D eigenvalue weighted by molar-refractivity contribution is -0.354. The van der Waals surface area contributed by atoms with Crippen LogP contribution < -0.4 is 0 Å². The molecule has 0 atom stereocenters. The zero-order valence-corrected chi connectivity index (χ0v) is 12.7. The summed E-state index contributed by atoms with van der Waals surface area (Å²) in [6.45, 7) is 0. The second-order valence-corrected chi connectivity index (χ2v) is 5.72. The van der Waals surface area contributed by atoms with Gasteiger partial charge in [-0.2, -0.15) is 30.7 Å². The predicted octanol–water partition coefficient (Wildman–Crippen LogP) is 5.90. The van der Waals surface area contributed by atoms with E-state index in [2.05, 4.69) is 4.98 Å². The molecule has 3 aromatic rings. The molecule has 3 rings (SSSR count). The highest BCUT2D eigenvalue weighted by Gasteiger charge is 2.72. The summed E-state index contributed by atoms with van der Waals surface area (Å²) in [4.78, 5) is 3.72. The van der Waals surface area contributed by atoms with Crippen molar-refractivity contribution >= 4 is 21.7 Å². The Balaban J connectivity index is 2.21. The van der Waals surface area contributed by atoms with Gasteiger partial charge in [-0.15, -0.1) is 0 Å². The van der Waals surface area contributed by atoms with Gasteiger partial charge in [0, 0.05) is 16.8 Å². The van der Waals surface area contributed by atoms with Gasteiger partial charge in [0.25, 0.3) is 0 Å². The van der Waals surface area contributed by atoms with Crippen LogP contribution in [0.4, 0.5) is 35.1 Å². The monoisotopic (exact) mass is 379 g/mol. The smallest absolute Gasteiger partial charge is 0.252 e. The van der Waals surface area contributed by atoms with E-state index in [-0.39, 0.29) is 10.9 Å². The minimum Gasteiger partial charge on any atom is -0.252 e. The first-order valence-corrected chi connectivity index (χ1v) is 7.23. The number of halogens is 8. The van der Waals surface area contributed by atoms with Gasteiger partial charge in [-0.1, -0.05) is 24.3 Å². The fourth-order valence-electron chi connectivity index (χ4n) is 2.66. The van der Waals surface area contributed by atoms with Gasteiger partial charge in [-0.05, 0) is 17.5 Å². The van der Waals surface area contributed by atoms with Crippen LogP contribution in [0, 0.1) is 5.82 Å². The topological polar surface area (TPSA) is 12.9 Å². The van der Waals surface area contributed by atoms with Gasteiger partial charge in [0.1, 0.15) is 5.82 Å². The molecule has 0 radical (unpaired) electrons. The van der Waals surface area contributed by atoms with Crippen LogP contribution in [0.25, 0.3) is 21.7 Å². The molecule has 0 fully saturated rings. The van der Waals surface area contributed by atoms with E-state index >= 15 is 0 Å². The largest absolute Gasteiger partial charge is 0.459 e. The first kappa shape index (κ1) is 18.3. The highest BCUT2D eigenvalue weighted by atomic mass is 19.4. The molecule has 1 aromatic heterocycles. The fraction of sp³-hybridized carbons (Fsp3) is 0.235. The molecule has 26 heavy (non-hydrogen) atoms. The van der Waals surface area contributed by atoms with Crippen molar-refractivity contribution in [3.05, 3.63) is 54.0 Å². The van der Waals surface area contributed by atoms with Crippen molar-refractivity contribution in [2.75, 3.05) is 0 Å². The van der Waals surface area contributed by atoms with Crippen molar-refractivity contribution in [2.45, 2.75) is 24.4 Å². The Morgan fingerprint density at radius 3 is 2.00 bits per heavy atom. The lowest BCUT2D eigenvalue weighted by atomic mass is 9.98. The van der Waals surface area contributed by atoms with E-state index in [9.17, 15) is 35.1 Å². The van der Waals surface area contributed by atoms with Crippen LogP contribution in [0.3, 0.4) is 0 Å². The number of alkyl halides is 7. The molecule has 0 unspecified atom stereocenters. The van der Waals surface area contributed by atoms with Gasteiger partial charge in [0.15, 0.2) is 0 Å². The quantitative estimate of drug-likeness (QED) is 0.408. The van der Waals surface area contributed by atoms with Gasteiger partial charge in [-0.25, -0.2) is 4.39 Å². The Hall–Kier alpha value is -2.45. The number of aromatic nitrogens is 1. The van der Waals surface area contributed by atoms with Crippen LogP contribution in [0.1, 0.15) is 5.69 Å². The Kier molecular flexibility index (Phi) is 4.08. The molecule has 0 saturated heterocycles. The molecule has 0 aliphatic heterocycles. The Morgan fingerprint density at radius 1 is 0.769 bits per heavy atom. The molecule has 0 spiro atoms. The number of benzene rings is 2. The zero-order chi connectivity index (χ0) is 19.3. The number of hydrogen-bond donors (Lipinski definition) is 0. The van der Waals surface area contributed by atoms with E-state index in [4.69, 9.17) is 0 Å². The second kappa shape index (κ2) is 5.78. The van der Waals surface area contributed by atoms with Crippen molar-refractivity contribution in [2.24, 2.45) is 0 Å². The summed E-state index contributed by atoms with van der Waals surface area (Å²) in [5.41, 5.74) is -0.794. The van der Waals surface area contributed by atoms with Crippen LogP contribution in [-0.4, -0.2) is 23.0 Å². The van der Waals surface area contributed by atoms with E-state index < -0.39 is 36.0 Å².